The van der Waals surface area contributed by atoms with Gasteiger partial charge in [-0.15, -0.1) is 0 Å². The molecule has 0 heterocycles. The molecule has 0 aliphatic heterocycles. The first-order valence-electron chi connectivity index (χ1n) is 5.89. The van der Waals surface area contributed by atoms with E-state index in [1.165, 1.54) is 0 Å². The van der Waals surface area contributed by atoms with E-state index in [2.05, 4.69) is 10.6 Å². The van der Waals surface area contributed by atoms with E-state index in [-0.39, 0.29) is 37.1 Å². The summed E-state index contributed by atoms with van der Waals surface area (Å²) in [5, 5.41) is 13.8. The average molecular weight is 258 g/mol. The van der Waals surface area contributed by atoms with E-state index < -0.39 is 11.4 Å². The minimum Gasteiger partial charge on any atom is -0.481 e. The maximum Gasteiger partial charge on any atom is 0.303 e. The Bertz CT molecular complexity index is 326. The van der Waals surface area contributed by atoms with Gasteiger partial charge >= 0.3 is 5.97 Å². The minimum atomic E-state index is -0.916. The van der Waals surface area contributed by atoms with Crippen LogP contribution in [0.4, 0.5) is 0 Å². The topological polar surface area (TPSA) is 95.5 Å². The molecule has 1 atom stereocenters. The molecule has 0 aromatic heterocycles. The highest BCUT2D eigenvalue weighted by Gasteiger charge is 2.27. The van der Waals surface area contributed by atoms with E-state index in [4.69, 9.17) is 5.11 Å². The summed E-state index contributed by atoms with van der Waals surface area (Å²) in [5.74, 6) is -1.52. The highest BCUT2D eigenvalue weighted by molar-refractivity contribution is 5.83. The SMILES string of the molecule is CNC(=O)C(C)(C)CNC(=O)CC(C)CC(=O)O. The quantitative estimate of drug-likeness (QED) is 0.615. The fourth-order valence-electron chi connectivity index (χ4n) is 1.50. The second-order valence-corrected chi connectivity index (χ2v) is 5.15. The van der Waals surface area contributed by atoms with Crippen LogP contribution in [-0.4, -0.2) is 36.5 Å². The van der Waals surface area contributed by atoms with Crippen molar-refractivity contribution in [2.75, 3.05) is 13.6 Å². The molecule has 0 aliphatic rings. The number of nitrogens with one attached hydrogen (secondary N) is 2. The molecular formula is C12H22N2O4. The van der Waals surface area contributed by atoms with E-state index in [1.54, 1.807) is 27.8 Å². The Morgan fingerprint density at radius 3 is 2.22 bits per heavy atom. The van der Waals surface area contributed by atoms with Crippen LogP contribution in [0.25, 0.3) is 0 Å². The number of hydrogen-bond donors (Lipinski definition) is 3. The van der Waals surface area contributed by atoms with Crippen LogP contribution < -0.4 is 10.6 Å². The molecule has 0 saturated heterocycles. The lowest BCUT2D eigenvalue weighted by atomic mass is 9.92. The molecule has 0 fully saturated rings. The summed E-state index contributed by atoms with van der Waals surface area (Å²) in [6, 6.07) is 0. The fraction of sp³-hybridized carbons (Fsp3) is 0.750. The normalized spacial score (nSPS) is 12.7. The number of carbonyl (C=O) groups is 3. The molecule has 0 bridgehead atoms. The Hall–Kier alpha value is -1.59. The zero-order chi connectivity index (χ0) is 14.3. The zero-order valence-corrected chi connectivity index (χ0v) is 11.4. The van der Waals surface area contributed by atoms with Crippen LogP contribution in [0.1, 0.15) is 33.6 Å². The molecule has 3 N–H and O–H groups in total. The lowest BCUT2D eigenvalue weighted by Crippen LogP contribution is -2.44. The highest BCUT2D eigenvalue weighted by Crippen LogP contribution is 2.14. The monoisotopic (exact) mass is 258 g/mol. The van der Waals surface area contributed by atoms with Gasteiger partial charge in [0.1, 0.15) is 0 Å². The summed E-state index contributed by atoms with van der Waals surface area (Å²) in [7, 11) is 1.54. The molecule has 104 valence electrons. The molecule has 18 heavy (non-hydrogen) atoms. The number of rotatable bonds is 7. The number of aliphatic carboxylic acids is 1. The van der Waals surface area contributed by atoms with Crippen molar-refractivity contribution >= 4 is 17.8 Å². The Kier molecular flexibility index (Phi) is 6.36. The fourth-order valence-corrected chi connectivity index (χ4v) is 1.50. The molecule has 6 nitrogen and oxygen atoms in total. The predicted molar refractivity (Wildman–Crippen MR) is 66.9 cm³/mol. The third-order valence-corrected chi connectivity index (χ3v) is 2.63. The van der Waals surface area contributed by atoms with Gasteiger partial charge in [0.25, 0.3) is 0 Å². The van der Waals surface area contributed by atoms with Crippen molar-refractivity contribution in [2.45, 2.75) is 33.6 Å². The molecule has 0 saturated carbocycles. The predicted octanol–water partition coefficient (Wildman–Crippen LogP) is 0.376. The molecule has 1 unspecified atom stereocenters. The van der Waals surface area contributed by atoms with Crippen LogP contribution in [-0.2, 0) is 14.4 Å². The first-order chi connectivity index (χ1) is 8.19. The minimum absolute atomic E-state index is 0.0355. The lowest BCUT2D eigenvalue weighted by molar-refractivity contribution is -0.138. The van der Waals surface area contributed by atoms with Crippen LogP contribution >= 0.6 is 0 Å². The molecule has 0 aromatic carbocycles. The summed E-state index contributed by atoms with van der Waals surface area (Å²) in [6.07, 6.45) is 0.113. The maximum absolute atomic E-state index is 11.6. The van der Waals surface area contributed by atoms with Gasteiger partial charge in [-0.1, -0.05) is 6.92 Å². The van der Waals surface area contributed by atoms with Crippen LogP contribution in [0.5, 0.6) is 0 Å². The van der Waals surface area contributed by atoms with E-state index >= 15 is 0 Å². The van der Waals surface area contributed by atoms with Crippen molar-refractivity contribution in [1.29, 1.82) is 0 Å². The van der Waals surface area contributed by atoms with Crippen LogP contribution in [0, 0.1) is 11.3 Å². The van der Waals surface area contributed by atoms with Crippen molar-refractivity contribution in [3.8, 4) is 0 Å². The number of carbonyl (C=O) groups excluding carboxylic acids is 2. The first-order valence-corrected chi connectivity index (χ1v) is 5.89. The van der Waals surface area contributed by atoms with E-state index in [0.717, 1.165) is 0 Å². The summed E-state index contributed by atoms with van der Waals surface area (Å²) >= 11 is 0. The molecule has 0 aromatic rings. The average Bonchev–Trinajstić information content (AvgIpc) is 2.24. The second kappa shape index (κ2) is 6.98. The Morgan fingerprint density at radius 1 is 1.22 bits per heavy atom. The van der Waals surface area contributed by atoms with Crippen LogP contribution in [0.3, 0.4) is 0 Å². The lowest BCUT2D eigenvalue weighted by Gasteiger charge is -2.23. The Labute approximate surface area is 107 Å². The van der Waals surface area contributed by atoms with E-state index in [9.17, 15) is 14.4 Å². The van der Waals surface area contributed by atoms with Crippen LogP contribution in [0.2, 0.25) is 0 Å². The van der Waals surface area contributed by atoms with Gasteiger partial charge in [-0.05, 0) is 19.8 Å². The zero-order valence-electron chi connectivity index (χ0n) is 11.4. The van der Waals surface area contributed by atoms with Gasteiger partial charge in [-0.3, -0.25) is 14.4 Å². The van der Waals surface area contributed by atoms with E-state index in [1.807, 2.05) is 0 Å². The molecule has 6 heteroatoms. The van der Waals surface area contributed by atoms with Crippen molar-refractivity contribution in [3.05, 3.63) is 0 Å². The van der Waals surface area contributed by atoms with Crippen molar-refractivity contribution in [3.63, 3.8) is 0 Å². The summed E-state index contributed by atoms with van der Waals surface area (Å²) < 4.78 is 0. The third-order valence-electron chi connectivity index (χ3n) is 2.63. The largest absolute Gasteiger partial charge is 0.481 e. The number of carboxylic acids is 1. The summed E-state index contributed by atoms with van der Waals surface area (Å²) in [4.78, 5) is 33.5. The first kappa shape index (κ1) is 16.4. The van der Waals surface area contributed by atoms with Crippen molar-refractivity contribution in [1.82, 2.24) is 10.6 Å². The Morgan fingerprint density at radius 2 is 1.78 bits per heavy atom. The molecule has 2 amide bonds. The van der Waals surface area contributed by atoms with E-state index in [0.29, 0.717) is 0 Å². The molecule has 0 radical (unpaired) electrons. The number of amides is 2. The van der Waals surface area contributed by atoms with Crippen molar-refractivity contribution in [2.24, 2.45) is 11.3 Å². The van der Waals surface area contributed by atoms with Crippen LogP contribution in [0.15, 0.2) is 0 Å². The maximum atomic E-state index is 11.6. The molecular weight excluding hydrogens is 236 g/mol. The number of carboxylic acid groups (broad SMARTS) is 1. The Balaban J connectivity index is 4.11. The van der Waals surface area contributed by atoms with Gasteiger partial charge in [0.15, 0.2) is 0 Å². The second-order valence-electron chi connectivity index (χ2n) is 5.15. The number of hydrogen-bond acceptors (Lipinski definition) is 3. The standard InChI is InChI=1S/C12H22N2O4/c1-8(6-10(16)17)5-9(15)14-7-12(2,3)11(18)13-4/h8H,5-7H2,1-4H3,(H,13,18)(H,14,15)(H,16,17). The molecule has 0 rings (SSSR count). The van der Waals surface area contributed by atoms with Gasteiger partial charge in [-0.25, -0.2) is 0 Å². The van der Waals surface area contributed by atoms with Gasteiger partial charge in [-0.2, -0.15) is 0 Å². The molecule has 0 aliphatic carbocycles. The summed E-state index contributed by atoms with van der Waals surface area (Å²) in [5.41, 5.74) is -0.680. The summed E-state index contributed by atoms with van der Waals surface area (Å²) in [6.45, 7) is 5.39. The van der Waals surface area contributed by atoms with Gasteiger partial charge in [0.05, 0.1) is 5.41 Å². The van der Waals surface area contributed by atoms with Crippen molar-refractivity contribution < 1.29 is 19.5 Å². The van der Waals surface area contributed by atoms with Gasteiger partial charge in [0.2, 0.25) is 11.8 Å². The van der Waals surface area contributed by atoms with Gasteiger partial charge < -0.3 is 15.7 Å². The highest BCUT2D eigenvalue weighted by atomic mass is 16.4. The molecule has 0 spiro atoms. The smallest absolute Gasteiger partial charge is 0.303 e. The van der Waals surface area contributed by atoms with Gasteiger partial charge in [0, 0.05) is 26.4 Å². The third kappa shape index (κ3) is 6.22.